The predicted molar refractivity (Wildman–Crippen MR) is 91.2 cm³/mol. The number of alkyl halides is 3. The molecule has 2 fully saturated rings. The molecule has 27 heavy (non-hydrogen) atoms. The maximum Gasteiger partial charge on any atom is 0.403 e. The topological polar surface area (TPSA) is 80.7 Å². The second-order valence-electron chi connectivity index (χ2n) is 8.43. The molecule has 7 unspecified atom stereocenters. The van der Waals surface area contributed by atoms with Crippen LogP contribution in [0.3, 0.4) is 0 Å². The van der Waals surface area contributed by atoms with Crippen LogP contribution >= 0.6 is 0 Å². The van der Waals surface area contributed by atoms with E-state index in [-0.39, 0.29) is 11.8 Å². The number of hydrogen-bond donors (Lipinski definition) is 1. The van der Waals surface area contributed by atoms with Crippen molar-refractivity contribution in [3.63, 3.8) is 0 Å². The van der Waals surface area contributed by atoms with Crippen molar-refractivity contribution in [3.05, 3.63) is 11.6 Å². The van der Waals surface area contributed by atoms with E-state index in [1.807, 2.05) is 0 Å². The number of hydrogen-bond acceptors (Lipinski definition) is 4. The third-order valence-corrected chi connectivity index (χ3v) is 7.27. The number of ether oxygens (including phenoxy) is 1. The van der Waals surface area contributed by atoms with E-state index in [1.54, 1.807) is 0 Å². The van der Waals surface area contributed by atoms with Crippen LogP contribution in [0, 0.1) is 35.5 Å². The summed E-state index contributed by atoms with van der Waals surface area (Å²) in [5, 5.41) is -5.02. The van der Waals surface area contributed by atoms with Gasteiger partial charge < -0.3 is 4.74 Å². The van der Waals surface area contributed by atoms with Gasteiger partial charge in [-0.2, -0.15) is 17.2 Å². The lowest BCUT2D eigenvalue weighted by Crippen LogP contribution is -2.48. The molecule has 3 rings (SSSR count). The third kappa shape index (κ3) is 3.77. The van der Waals surface area contributed by atoms with Gasteiger partial charge in [0.2, 0.25) is 6.17 Å². The fraction of sp³-hybridized carbons (Fsp3) is 0.833. The molecule has 5 nitrogen and oxygen atoms in total. The first kappa shape index (κ1) is 20.6. The molecule has 0 heterocycles. The summed E-state index contributed by atoms with van der Waals surface area (Å²) in [7, 11) is -5.92. The normalized spacial score (nSPS) is 37.3. The van der Waals surface area contributed by atoms with Crippen molar-refractivity contribution >= 4 is 16.1 Å². The van der Waals surface area contributed by atoms with Crippen LogP contribution in [-0.2, 0) is 19.6 Å². The first-order valence-electron chi connectivity index (χ1n) is 9.28. The zero-order chi connectivity index (χ0) is 20.1. The van der Waals surface area contributed by atoms with Gasteiger partial charge in [0.15, 0.2) is 0 Å². The molecular weight excluding hydrogens is 385 g/mol. The van der Waals surface area contributed by atoms with Crippen molar-refractivity contribution in [1.82, 2.24) is 0 Å². The maximum absolute atomic E-state index is 13.7. The molecule has 0 saturated heterocycles. The quantitative estimate of drug-likeness (QED) is 0.425. The van der Waals surface area contributed by atoms with Gasteiger partial charge >= 0.3 is 21.3 Å². The average molecular weight is 410 g/mol. The van der Waals surface area contributed by atoms with Crippen molar-refractivity contribution in [3.8, 4) is 0 Å². The van der Waals surface area contributed by atoms with Crippen molar-refractivity contribution < 1.29 is 35.7 Å². The summed E-state index contributed by atoms with van der Waals surface area (Å²) >= 11 is 0. The Morgan fingerprint density at radius 1 is 1.33 bits per heavy atom. The molecule has 2 saturated carbocycles. The summed E-state index contributed by atoms with van der Waals surface area (Å²) in [4.78, 5) is 12.6. The lowest BCUT2D eigenvalue weighted by Gasteiger charge is -2.51. The van der Waals surface area contributed by atoms with Gasteiger partial charge in [-0.3, -0.25) is 9.35 Å². The molecule has 4 bridgehead atoms. The Hall–Kier alpha value is -1.09. The fourth-order valence-corrected chi connectivity index (χ4v) is 5.66. The van der Waals surface area contributed by atoms with Gasteiger partial charge in [-0.1, -0.05) is 25.5 Å². The summed E-state index contributed by atoms with van der Waals surface area (Å²) in [6.07, 6.45) is 2.37. The SMILES string of the molecule is CC1C=C2CC(C1)C1CC(C)CC2C1C(=O)OCC(F)C(F)(F)S(=O)(=O)O. The van der Waals surface area contributed by atoms with Crippen LogP contribution in [0.15, 0.2) is 11.6 Å². The van der Waals surface area contributed by atoms with Crippen LogP contribution in [-0.4, -0.2) is 37.0 Å². The highest BCUT2D eigenvalue weighted by Gasteiger charge is 2.55. The standard InChI is InChI=1S/C18H25F3O5S/c1-9-3-11-7-12(4-9)14-6-10(2)5-13(11)16(14)17(22)26-8-15(19)18(20,21)27(23,24)25/h3,9-10,12-16H,4-8H2,1-2H3,(H,23,24,25). The van der Waals surface area contributed by atoms with Gasteiger partial charge in [-0.05, 0) is 55.3 Å². The number of allylic oxidation sites excluding steroid dienone is 2. The van der Waals surface area contributed by atoms with Gasteiger partial charge in [0.1, 0.15) is 6.61 Å². The second kappa shape index (κ2) is 7.06. The smallest absolute Gasteiger partial charge is 0.403 e. The second-order valence-corrected chi connectivity index (χ2v) is 9.92. The highest BCUT2D eigenvalue weighted by atomic mass is 32.2. The Labute approximate surface area is 157 Å². The largest absolute Gasteiger partial charge is 0.462 e. The summed E-state index contributed by atoms with van der Waals surface area (Å²) in [5.74, 6) is -0.0611. The minimum Gasteiger partial charge on any atom is -0.462 e. The molecule has 154 valence electrons. The van der Waals surface area contributed by atoms with Crippen molar-refractivity contribution in [2.24, 2.45) is 35.5 Å². The molecule has 9 heteroatoms. The van der Waals surface area contributed by atoms with E-state index in [4.69, 9.17) is 9.29 Å². The molecule has 0 aliphatic heterocycles. The Morgan fingerprint density at radius 2 is 2.00 bits per heavy atom. The molecule has 0 amide bonds. The van der Waals surface area contributed by atoms with Crippen molar-refractivity contribution in [2.45, 2.75) is 51.0 Å². The van der Waals surface area contributed by atoms with Gasteiger partial charge in [-0.25, -0.2) is 4.39 Å². The summed E-state index contributed by atoms with van der Waals surface area (Å²) < 4.78 is 74.8. The number of carbonyl (C=O) groups excluding carboxylic acids is 1. The van der Waals surface area contributed by atoms with E-state index >= 15 is 0 Å². The van der Waals surface area contributed by atoms with E-state index < -0.39 is 40.0 Å². The molecular formula is C18H25F3O5S. The summed E-state index contributed by atoms with van der Waals surface area (Å²) in [5.41, 5.74) is 1.20. The molecule has 7 atom stereocenters. The van der Waals surface area contributed by atoms with Gasteiger partial charge in [0.05, 0.1) is 5.92 Å². The van der Waals surface area contributed by atoms with Crippen molar-refractivity contribution in [2.75, 3.05) is 6.61 Å². The van der Waals surface area contributed by atoms with E-state index in [1.165, 1.54) is 5.57 Å². The first-order chi connectivity index (χ1) is 12.4. The van der Waals surface area contributed by atoms with Crippen LogP contribution < -0.4 is 0 Å². The van der Waals surface area contributed by atoms with Gasteiger partial charge in [-0.15, -0.1) is 0 Å². The lowest BCUT2D eigenvalue weighted by atomic mass is 9.53. The van der Waals surface area contributed by atoms with Gasteiger partial charge in [0.25, 0.3) is 0 Å². The van der Waals surface area contributed by atoms with Gasteiger partial charge in [0, 0.05) is 0 Å². The zero-order valence-corrected chi connectivity index (χ0v) is 16.1. The van der Waals surface area contributed by atoms with E-state index in [0.29, 0.717) is 17.8 Å². The van der Waals surface area contributed by atoms with Crippen LogP contribution in [0.5, 0.6) is 0 Å². The minimum atomic E-state index is -5.92. The van der Waals surface area contributed by atoms with E-state index in [9.17, 15) is 26.4 Å². The Balaban J connectivity index is 1.74. The molecule has 3 aliphatic rings. The highest BCUT2D eigenvalue weighted by Crippen LogP contribution is 2.55. The highest BCUT2D eigenvalue weighted by molar-refractivity contribution is 7.86. The summed E-state index contributed by atoms with van der Waals surface area (Å²) in [6, 6.07) is 0. The molecule has 0 radical (unpaired) electrons. The van der Waals surface area contributed by atoms with Crippen LogP contribution in [0.4, 0.5) is 13.2 Å². The number of carbonyl (C=O) groups is 1. The summed E-state index contributed by atoms with van der Waals surface area (Å²) in [6.45, 7) is 2.85. The first-order valence-corrected chi connectivity index (χ1v) is 10.7. The Bertz CT molecular complexity index is 735. The third-order valence-electron chi connectivity index (χ3n) is 6.33. The fourth-order valence-electron chi connectivity index (χ4n) is 5.27. The number of esters is 1. The van der Waals surface area contributed by atoms with Crippen LogP contribution in [0.2, 0.25) is 0 Å². The minimum absolute atomic E-state index is 0.0367. The van der Waals surface area contributed by atoms with E-state index in [2.05, 4.69) is 19.9 Å². The molecule has 1 N–H and O–H groups in total. The monoisotopic (exact) mass is 410 g/mol. The Morgan fingerprint density at radius 3 is 2.63 bits per heavy atom. The molecule has 3 aliphatic carbocycles. The molecule has 0 aromatic rings. The maximum atomic E-state index is 13.7. The predicted octanol–water partition coefficient (Wildman–Crippen LogP) is 3.61. The molecule has 0 aromatic heterocycles. The molecule has 0 spiro atoms. The lowest BCUT2D eigenvalue weighted by molar-refractivity contribution is -0.162. The number of halogens is 3. The average Bonchev–Trinajstić information content (AvgIpc) is 2.55. The zero-order valence-electron chi connectivity index (χ0n) is 15.3. The van der Waals surface area contributed by atoms with Crippen LogP contribution in [0.1, 0.15) is 39.5 Å². The Kier molecular flexibility index (Phi) is 5.40. The van der Waals surface area contributed by atoms with E-state index in [0.717, 1.165) is 25.7 Å². The van der Waals surface area contributed by atoms with Crippen LogP contribution in [0.25, 0.3) is 0 Å². The number of fused-ring (bicyclic) bond motifs is 6. The van der Waals surface area contributed by atoms with Crippen molar-refractivity contribution in [1.29, 1.82) is 0 Å². The molecule has 0 aromatic carbocycles. The number of rotatable bonds is 5.